The van der Waals surface area contributed by atoms with E-state index in [1.165, 1.54) is 25.4 Å². The number of carbonyl (C=O) groups is 1. The number of nitrogens with zero attached hydrogens (tertiary/aromatic N) is 3. The quantitative estimate of drug-likeness (QED) is 0.458. The first kappa shape index (κ1) is 14.2. The Morgan fingerprint density at radius 1 is 1.60 bits per heavy atom. The summed E-state index contributed by atoms with van der Waals surface area (Å²) in [4.78, 5) is 27.9. The molecule has 0 saturated carbocycles. The number of carbonyl (C=O) groups excluding carboxylic acids is 1. The van der Waals surface area contributed by atoms with Crippen LogP contribution in [0.4, 0.5) is 11.5 Å². The molecule has 1 fully saturated rings. The number of rotatable bonds is 3. The standard InChI is InChI=1S/C12H15N3O5/c1-8-6-14(7-10(20-8)12(16)19-2)11-9(15(17)18)4-3-5-13-11/h3-5,8,10H,6-7H2,1-2H3/t8-,10?/m1/s1. The van der Waals surface area contributed by atoms with Crippen molar-refractivity contribution in [2.75, 3.05) is 25.1 Å². The van der Waals surface area contributed by atoms with Crippen LogP contribution in [0.5, 0.6) is 0 Å². The van der Waals surface area contributed by atoms with Crippen LogP contribution in [-0.4, -0.2) is 48.3 Å². The fraction of sp³-hybridized carbons (Fsp3) is 0.500. The molecule has 1 unspecified atom stereocenters. The molecule has 108 valence electrons. The Morgan fingerprint density at radius 2 is 2.35 bits per heavy atom. The van der Waals surface area contributed by atoms with Gasteiger partial charge >= 0.3 is 11.7 Å². The zero-order valence-electron chi connectivity index (χ0n) is 11.2. The van der Waals surface area contributed by atoms with Gasteiger partial charge in [0.25, 0.3) is 0 Å². The van der Waals surface area contributed by atoms with Gasteiger partial charge in [0.2, 0.25) is 5.82 Å². The van der Waals surface area contributed by atoms with E-state index in [2.05, 4.69) is 9.72 Å². The van der Waals surface area contributed by atoms with E-state index in [9.17, 15) is 14.9 Å². The third kappa shape index (κ3) is 2.85. The number of anilines is 1. The van der Waals surface area contributed by atoms with Crippen molar-refractivity contribution in [1.29, 1.82) is 0 Å². The molecule has 1 saturated heterocycles. The maximum atomic E-state index is 11.6. The number of ether oxygens (including phenoxy) is 2. The van der Waals surface area contributed by atoms with Gasteiger partial charge in [0.05, 0.1) is 24.7 Å². The van der Waals surface area contributed by atoms with Crippen molar-refractivity contribution in [3.05, 3.63) is 28.4 Å². The van der Waals surface area contributed by atoms with Crippen LogP contribution in [0.25, 0.3) is 0 Å². The number of morpholine rings is 1. The largest absolute Gasteiger partial charge is 0.467 e. The van der Waals surface area contributed by atoms with Gasteiger partial charge in [-0.25, -0.2) is 9.78 Å². The number of nitro groups is 1. The van der Waals surface area contributed by atoms with Gasteiger partial charge in [-0.1, -0.05) is 0 Å². The Bertz CT molecular complexity index is 522. The van der Waals surface area contributed by atoms with Crippen LogP contribution >= 0.6 is 0 Å². The summed E-state index contributed by atoms with van der Waals surface area (Å²) in [6.07, 6.45) is 0.454. The van der Waals surface area contributed by atoms with Crippen LogP contribution in [0.3, 0.4) is 0 Å². The molecule has 20 heavy (non-hydrogen) atoms. The van der Waals surface area contributed by atoms with E-state index >= 15 is 0 Å². The first-order valence-corrected chi connectivity index (χ1v) is 6.10. The second-order valence-electron chi connectivity index (χ2n) is 4.47. The first-order chi connectivity index (χ1) is 9.52. The average Bonchev–Trinajstić information content (AvgIpc) is 2.45. The normalized spacial score (nSPS) is 22.4. The van der Waals surface area contributed by atoms with Crippen molar-refractivity contribution >= 4 is 17.5 Å². The summed E-state index contributed by atoms with van der Waals surface area (Å²) >= 11 is 0. The van der Waals surface area contributed by atoms with E-state index in [0.29, 0.717) is 6.54 Å². The molecule has 1 aromatic heterocycles. The Balaban J connectivity index is 2.28. The number of methoxy groups -OCH3 is 1. The van der Waals surface area contributed by atoms with Crippen molar-refractivity contribution < 1.29 is 19.2 Å². The average molecular weight is 281 g/mol. The van der Waals surface area contributed by atoms with Gasteiger partial charge in [-0.2, -0.15) is 0 Å². The first-order valence-electron chi connectivity index (χ1n) is 6.10. The molecule has 0 aliphatic carbocycles. The molecule has 1 aliphatic rings. The van der Waals surface area contributed by atoms with E-state index in [0.717, 1.165) is 0 Å². The summed E-state index contributed by atoms with van der Waals surface area (Å²) < 4.78 is 10.1. The smallest absolute Gasteiger partial charge is 0.336 e. The Labute approximate surface area is 115 Å². The number of hydrogen-bond donors (Lipinski definition) is 0. The SMILES string of the molecule is COC(=O)C1CN(c2ncccc2[N+](=O)[O-])C[C@@H](C)O1. The number of esters is 1. The lowest BCUT2D eigenvalue weighted by molar-refractivity contribution is -0.384. The Kier molecular flexibility index (Phi) is 4.14. The highest BCUT2D eigenvalue weighted by molar-refractivity contribution is 5.76. The summed E-state index contributed by atoms with van der Waals surface area (Å²) in [5, 5.41) is 11.0. The Hall–Kier alpha value is -2.22. The highest BCUT2D eigenvalue weighted by Crippen LogP contribution is 2.27. The Morgan fingerprint density at radius 3 is 3.00 bits per heavy atom. The molecule has 1 aromatic rings. The highest BCUT2D eigenvalue weighted by Gasteiger charge is 2.34. The van der Waals surface area contributed by atoms with Crippen LogP contribution in [0, 0.1) is 10.1 Å². The topological polar surface area (TPSA) is 94.8 Å². The molecule has 0 amide bonds. The maximum Gasteiger partial charge on any atom is 0.336 e. The molecule has 0 bridgehead atoms. The molecular formula is C12H15N3O5. The van der Waals surface area contributed by atoms with Crippen LogP contribution < -0.4 is 4.90 Å². The lowest BCUT2D eigenvalue weighted by Crippen LogP contribution is -2.50. The minimum absolute atomic E-state index is 0.0924. The molecule has 1 aliphatic heterocycles. The molecule has 0 spiro atoms. The van der Waals surface area contributed by atoms with Gasteiger partial charge in [-0.3, -0.25) is 10.1 Å². The number of pyridine rings is 1. The molecular weight excluding hydrogens is 266 g/mol. The third-order valence-electron chi connectivity index (χ3n) is 2.99. The van der Waals surface area contributed by atoms with Crippen molar-refractivity contribution in [2.45, 2.75) is 19.1 Å². The number of hydrogen-bond acceptors (Lipinski definition) is 7. The van der Waals surface area contributed by atoms with Crippen LogP contribution in [0.15, 0.2) is 18.3 Å². The fourth-order valence-corrected chi connectivity index (χ4v) is 2.16. The van der Waals surface area contributed by atoms with Crippen molar-refractivity contribution in [3.63, 3.8) is 0 Å². The predicted molar refractivity (Wildman–Crippen MR) is 69.5 cm³/mol. The van der Waals surface area contributed by atoms with Crippen molar-refractivity contribution in [3.8, 4) is 0 Å². The van der Waals surface area contributed by atoms with E-state index in [4.69, 9.17) is 4.74 Å². The summed E-state index contributed by atoms with van der Waals surface area (Å²) in [5.74, 6) is -0.262. The van der Waals surface area contributed by atoms with E-state index in [-0.39, 0.29) is 24.2 Å². The van der Waals surface area contributed by atoms with Gasteiger partial charge in [-0.15, -0.1) is 0 Å². The summed E-state index contributed by atoms with van der Waals surface area (Å²) in [6, 6.07) is 2.89. The molecule has 0 aromatic carbocycles. The summed E-state index contributed by atoms with van der Waals surface area (Å²) in [7, 11) is 1.28. The van der Waals surface area contributed by atoms with Crippen LogP contribution in [0.2, 0.25) is 0 Å². The monoisotopic (exact) mass is 281 g/mol. The van der Waals surface area contributed by atoms with Gasteiger partial charge in [0, 0.05) is 18.8 Å². The zero-order chi connectivity index (χ0) is 14.7. The molecule has 8 heteroatoms. The third-order valence-corrected chi connectivity index (χ3v) is 2.99. The molecule has 2 atom stereocenters. The van der Waals surface area contributed by atoms with Crippen LogP contribution in [0.1, 0.15) is 6.92 Å². The van der Waals surface area contributed by atoms with E-state index < -0.39 is 17.0 Å². The molecule has 0 radical (unpaired) electrons. The van der Waals surface area contributed by atoms with Gasteiger partial charge in [0.1, 0.15) is 0 Å². The lowest BCUT2D eigenvalue weighted by atomic mass is 10.2. The van der Waals surface area contributed by atoms with Crippen LogP contribution in [-0.2, 0) is 14.3 Å². The minimum Gasteiger partial charge on any atom is -0.467 e. The number of aromatic nitrogens is 1. The molecule has 0 N–H and O–H groups in total. The molecule has 8 nitrogen and oxygen atoms in total. The summed E-state index contributed by atoms with van der Waals surface area (Å²) in [6.45, 7) is 2.39. The van der Waals surface area contributed by atoms with E-state index in [1.807, 2.05) is 0 Å². The minimum atomic E-state index is -0.773. The molecule has 2 rings (SSSR count). The zero-order valence-corrected chi connectivity index (χ0v) is 11.2. The summed E-state index contributed by atoms with van der Waals surface area (Å²) in [5.41, 5.74) is -0.0924. The highest BCUT2D eigenvalue weighted by atomic mass is 16.6. The van der Waals surface area contributed by atoms with Gasteiger partial charge < -0.3 is 14.4 Å². The van der Waals surface area contributed by atoms with Crippen molar-refractivity contribution in [2.24, 2.45) is 0 Å². The lowest BCUT2D eigenvalue weighted by Gasteiger charge is -2.35. The fourth-order valence-electron chi connectivity index (χ4n) is 2.16. The van der Waals surface area contributed by atoms with Gasteiger partial charge in [0.15, 0.2) is 6.10 Å². The second kappa shape index (κ2) is 5.83. The van der Waals surface area contributed by atoms with Gasteiger partial charge in [-0.05, 0) is 13.0 Å². The van der Waals surface area contributed by atoms with E-state index in [1.54, 1.807) is 11.8 Å². The maximum absolute atomic E-state index is 11.6. The predicted octanol–water partition coefficient (Wildman–Crippen LogP) is 0.756. The van der Waals surface area contributed by atoms with Crippen molar-refractivity contribution in [1.82, 2.24) is 4.98 Å². The molecule has 2 heterocycles. The second-order valence-corrected chi connectivity index (χ2v) is 4.47.